The van der Waals surface area contributed by atoms with Crippen LogP contribution in [0.4, 0.5) is 5.69 Å². The zero-order valence-electron chi connectivity index (χ0n) is 16.3. The van der Waals surface area contributed by atoms with Gasteiger partial charge in [-0.25, -0.2) is 8.42 Å². The van der Waals surface area contributed by atoms with Gasteiger partial charge in [0.15, 0.2) is 15.9 Å². The van der Waals surface area contributed by atoms with E-state index in [1.54, 1.807) is 25.1 Å². The van der Waals surface area contributed by atoms with Gasteiger partial charge in [0.1, 0.15) is 5.75 Å². The molecule has 1 aliphatic heterocycles. The number of sulfone groups is 1. The highest BCUT2D eigenvalue weighted by atomic mass is 32.2. The van der Waals surface area contributed by atoms with E-state index in [1.807, 2.05) is 42.5 Å². The van der Waals surface area contributed by atoms with E-state index in [1.165, 1.54) is 10.3 Å². The topological polar surface area (TPSA) is 63.7 Å². The summed E-state index contributed by atoms with van der Waals surface area (Å²) in [5, 5.41) is 1.18. The number of benzene rings is 2. The van der Waals surface area contributed by atoms with E-state index >= 15 is 0 Å². The van der Waals surface area contributed by atoms with Gasteiger partial charge in [0.2, 0.25) is 0 Å². The van der Waals surface area contributed by atoms with Gasteiger partial charge in [-0.15, -0.1) is 0 Å². The maximum Gasteiger partial charge on any atom is 0.268 e. The molecule has 0 radical (unpaired) electrons. The summed E-state index contributed by atoms with van der Waals surface area (Å²) >= 11 is 0. The number of para-hydroxylation sites is 1. The van der Waals surface area contributed by atoms with Gasteiger partial charge in [-0.3, -0.25) is 4.79 Å². The number of ether oxygens (including phenoxy) is 1. The summed E-state index contributed by atoms with van der Waals surface area (Å²) in [5.74, 6) is 0.550. The van der Waals surface area contributed by atoms with Gasteiger partial charge in [0.25, 0.3) is 5.91 Å². The third-order valence-corrected chi connectivity index (χ3v) is 6.10. The molecule has 0 N–H and O–H groups in total. The smallest absolute Gasteiger partial charge is 0.268 e. The van der Waals surface area contributed by atoms with Crippen LogP contribution in [-0.2, 0) is 14.6 Å². The van der Waals surface area contributed by atoms with E-state index < -0.39 is 22.0 Å². The van der Waals surface area contributed by atoms with Crippen molar-refractivity contribution in [2.75, 3.05) is 10.7 Å². The quantitative estimate of drug-likeness (QED) is 0.739. The standard InChI is InChI=1S/C22H25NO4S/c1-16(2)18-9-11-19(12-10-18)23(20-13-14-28(25,26)15-20)22(24)17(3)27-21-7-5-4-6-8-21/h4-14,16-17,20H,15H2,1-3H3. The molecular weight excluding hydrogens is 374 g/mol. The Morgan fingerprint density at radius 3 is 2.21 bits per heavy atom. The zero-order valence-corrected chi connectivity index (χ0v) is 17.1. The van der Waals surface area contributed by atoms with Crippen LogP contribution in [0.15, 0.2) is 66.1 Å². The molecule has 2 unspecified atom stereocenters. The van der Waals surface area contributed by atoms with Crippen molar-refractivity contribution < 1.29 is 17.9 Å². The molecule has 0 fully saturated rings. The van der Waals surface area contributed by atoms with Crippen LogP contribution in [-0.4, -0.2) is 32.2 Å². The van der Waals surface area contributed by atoms with Gasteiger partial charge < -0.3 is 9.64 Å². The molecule has 1 amide bonds. The molecule has 5 nitrogen and oxygen atoms in total. The second kappa shape index (κ2) is 8.19. The molecule has 2 atom stereocenters. The molecule has 28 heavy (non-hydrogen) atoms. The first-order valence-corrected chi connectivity index (χ1v) is 11.0. The average Bonchev–Trinajstić information content (AvgIpc) is 3.02. The lowest BCUT2D eigenvalue weighted by Crippen LogP contribution is -2.47. The first-order valence-electron chi connectivity index (χ1n) is 9.32. The molecule has 1 heterocycles. The molecule has 0 bridgehead atoms. The van der Waals surface area contributed by atoms with Gasteiger partial charge in [-0.1, -0.05) is 44.2 Å². The minimum absolute atomic E-state index is 0.122. The van der Waals surface area contributed by atoms with Crippen molar-refractivity contribution in [2.24, 2.45) is 0 Å². The minimum Gasteiger partial charge on any atom is -0.481 e. The third-order valence-electron chi connectivity index (χ3n) is 4.72. The number of rotatable bonds is 6. The predicted octanol–water partition coefficient (Wildman–Crippen LogP) is 3.92. The van der Waals surface area contributed by atoms with Crippen molar-refractivity contribution in [1.82, 2.24) is 0 Å². The highest BCUT2D eigenvalue weighted by molar-refractivity contribution is 7.94. The lowest BCUT2D eigenvalue weighted by Gasteiger charge is -2.30. The first kappa shape index (κ1) is 20.1. The second-order valence-corrected chi connectivity index (χ2v) is 9.18. The fourth-order valence-corrected chi connectivity index (χ4v) is 4.44. The first-order chi connectivity index (χ1) is 13.3. The molecular formula is C22H25NO4S. The van der Waals surface area contributed by atoms with Gasteiger partial charge >= 0.3 is 0 Å². The SMILES string of the molecule is CC(Oc1ccccc1)C(=O)N(c1ccc(C(C)C)cc1)C1C=CS(=O)(=O)C1. The second-order valence-electron chi connectivity index (χ2n) is 7.25. The van der Waals surface area contributed by atoms with E-state index in [0.29, 0.717) is 17.4 Å². The van der Waals surface area contributed by atoms with Gasteiger partial charge in [-0.2, -0.15) is 0 Å². The van der Waals surface area contributed by atoms with Crippen molar-refractivity contribution in [2.45, 2.75) is 38.8 Å². The zero-order chi connectivity index (χ0) is 20.3. The van der Waals surface area contributed by atoms with Crippen LogP contribution in [0.5, 0.6) is 5.75 Å². The van der Waals surface area contributed by atoms with Gasteiger partial charge in [-0.05, 0) is 48.7 Å². The van der Waals surface area contributed by atoms with Crippen LogP contribution >= 0.6 is 0 Å². The molecule has 0 spiro atoms. The number of nitrogens with zero attached hydrogens (tertiary/aromatic N) is 1. The minimum atomic E-state index is -3.30. The normalized spacial score (nSPS) is 18.8. The van der Waals surface area contributed by atoms with E-state index in [-0.39, 0.29) is 11.7 Å². The van der Waals surface area contributed by atoms with Crippen molar-refractivity contribution in [3.63, 3.8) is 0 Å². The van der Waals surface area contributed by atoms with Crippen LogP contribution in [0, 0.1) is 0 Å². The fraction of sp³-hybridized carbons (Fsp3) is 0.318. The molecule has 6 heteroatoms. The molecule has 2 aromatic carbocycles. The van der Waals surface area contributed by atoms with E-state index in [9.17, 15) is 13.2 Å². The number of anilines is 1. The number of amides is 1. The molecule has 0 aliphatic carbocycles. The molecule has 2 aromatic rings. The van der Waals surface area contributed by atoms with Gasteiger partial charge in [0.05, 0.1) is 11.8 Å². The monoisotopic (exact) mass is 399 g/mol. The highest BCUT2D eigenvalue weighted by Crippen LogP contribution is 2.26. The average molecular weight is 400 g/mol. The van der Waals surface area contributed by atoms with E-state index in [2.05, 4.69) is 13.8 Å². The molecule has 0 saturated heterocycles. The Morgan fingerprint density at radius 1 is 1.04 bits per heavy atom. The number of carbonyl (C=O) groups excluding carboxylic acids is 1. The summed E-state index contributed by atoms with van der Waals surface area (Å²) in [6.45, 7) is 5.87. The van der Waals surface area contributed by atoms with Crippen LogP contribution in [0.2, 0.25) is 0 Å². The number of carbonyl (C=O) groups is 1. The number of hydrogen-bond acceptors (Lipinski definition) is 4. The Labute approximate surface area is 166 Å². The summed E-state index contributed by atoms with van der Waals surface area (Å²) in [6.07, 6.45) is 0.808. The summed E-state index contributed by atoms with van der Waals surface area (Å²) in [7, 11) is -3.30. The van der Waals surface area contributed by atoms with Crippen molar-refractivity contribution in [3.05, 3.63) is 71.6 Å². The third kappa shape index (κ3) is 4.62. The number of hydrogen-bond donors (Lipinski definition) is 0. The maximum absolute atomic E-state index is 13.2. The van der Waals surface area contributed by atoms with Crippen LogP contribution < -0.4 is 9.64 Å². The summed E-state index contributed by atoms with van der Waals surface area (Å²) in [4.78, 5) is 14.8. The van der Waals surface area contributed by atoms with Crippen molar-refractivity contribution in [1.29, 1.82) is 0 Å². The lowest BCUT2D eigenvalue weighted by molar-refractivity contribution is -0.124. The van der Waals surface area contributed by atoms with Crippen molar-refractivity contribution >= 4 is 21.4 Å². The summed E-state index contributed by atoms with van der Waals surface area (Å²) in [6, 6.07) is 16.2. The Kier molecular flexibility index (Phi) is 5.89. The highest BCUT2D eigenvalue weighted by Gasteiger charge is 2.34. The molecule has 1 aliphatic rings. The molecule has 3 rings (SSSR count). The van der Waals surface area contributed by atoms with Gasteiger partial charge in [0, 0.05) is 11.1 Å². The Balaban J connectivity index is 1.89. The van der Waals surface area contributed by atoms with Crippen LogP contribution in [0.1, 0.15) is 32.3 Å². The molecule has 0 saturated carbocycles. The lowest BCUT2D eigenvalue weighted by atomic mass is 10.0. The maximum atomic E-state index is 13.2. The van der Waals surface area contributed by atoms with Crippen molar-refractivity contribution in [3.8, 4) is 5.75 Å². The summed E-state index contributed by atoms with van der Waals surface area (Å²) < 4.78 is 29.7. The predicted molar refractivity (Wildman–Crippen MR) is 111 cm³/mol. The molecule has 0 aromatic heterocycles. The Bertz CT molecular complexity index is 950. The Morgan fingerprint density at radius 2 is 1.68 bits per heavy atom. The largest absolute Gasteiger partial charge is 0.481 e. The summed E-state index contributed by atoms with van der Waals surface area (Å²) in [5.41, 5.74) is 1.81. The van der Waals surface area contributed by atoms with E-state index in [4.69, 9.17) is 4.74 Å². The van der Waals surface area contributed by atoms with Crippen LogP contribution in [0.25, 0.3) is 0 Å². The molecule has 148 valence electrons. The van der Waals surface area contributed by atoms with E-state index in [0.717, 1.165) is 5.56 Å². The Hall–Kier alpha value is -2.60. The van der Waals surface area contributed by atoms with Crippen LogP contribution in [0.3, 0.4) is 0 Å². The fourth-order valence-electron chi connectivity index (χ4n) is 3.17.